The van der Waals surface area contributed by atoms with Crippen LogP contribution in [0.2, 0.25) is 0 Å². The molecule has 0 aromatic heterocycles. The third kappa shape index (κ3) is 5.55. The lowest BCUT2D eigenvalue weighted by molar-refractivity contribution is -0.142. The Bertz CT molecular complexity index is 1170. The molecule has 5 atom stereocenters. The highest BCUT2D eigenvalue weighted by Gasteiger charge is 2.57. The van der Waals surface area contributed by atoms with Gasteiger partial charge in [-0.2, -0.15) is 0 Å². The van der Waals surface area contributed by atoms with Crippen molar-refractivity contribution in [2.75, 3.05) is 0 Å². The molecule has 5 rings (SSSR count). The molecule has 192 valence electrons. The Morgan fingerprint density at radius 1 is 0.892 bits per heavy atom. The summed E-state index contributed by atoms with van der Waals surface area (Å²) >= 11 is 0. The molecular formula is C31H34O5Si. The molecule has 0 radical (unpaired) electrons. The van der Waals surface area contributed by atoms with Crippen molar-refractivity contribution in [3.8, 4) is 0 Å². The summed E-state index contributed by atoms with van der Waals surface area (Å²) in [5, 5.41) is 2.38. The molecule has 0 N–H and O–H groups in total. The van der Waals surface area contributed by atoms with Gasteiger partial charge in [-0.05, 0) is 27.9 Å². The van der Waals surface area contributed by atoms with E-state index in [1.807, 2.05) is 54.6 Å². The molecule has 1 unspecified atom stereocenters. The second-order valence-electron chi connectivity index (χ2n) is 11.1. The third-order valence-electron chi connectivity index (χ3n) is 7.51. The van der Waals surface area contributed by atoms with Gasteiger partial charge in [0.25, 0.3) is 0 Å². The zero-order valence-corrected chi connectivity index (χ0v) is 22.7. The van der Waals surface area contributed by atoms with E-state index in [0.29, 0.717) is 18.4 Å². The lowest BCUT2D eigenvalue weighted by atomic mass is 9.75. The molecule has 1 heterocycles. The van der Waals surface area contributed by atoms with Crippen molar-refractivity contribution in [1.29, 1.82) is 0 Å². The first-order valence-electron chi connectivity index (χ1n) is 13.0. The standard InChI is InChI=1S/C31H34O5Si/c1-31(2,3)29(36-37(22-15-9-5-10-16-22)23-17-11-6-12-18-23)28-24-19-27(32)34-25(24)20-26(28)35-30(33)21-13-7-4-8-14-21/h4-18,24-26,28-29,37H,19-20H2,1-3H3/t24-,25-,26+,28-,29?/m0/s1. The molecule has 3 aromatic carbocycles. The summed E-state index contributed by atoms with van der Waals surface area (Å²) in [6.45, 7) is 6.50. The van der Waals surface area contributed by atoms with Gasteiger partial charge in [-0.25, -0.2) is 4.79 Å². The molecule has 2 aliphatic rings. The molecular weight excluding hydrogens is 480 g/mol. The summed E-state index contributed by atoms with van der Waals surface area (Å²) in [5.41, 5.74) is 0.251. The van der Waals surface area contributed by atoms with Gasteiger partial charge < -0.3 is 13.9 Å². The van der Waals surface area contributed by atoms with Gasteiger partial charge in [0.05, 0.1) is 18.1 Å². The van der Waals surface area contributed by atoms with Crippen LogP contribution in [0.3, 0.4) is 0 Å². The summed E-state index contributed by atoms with van der Waals surface area (Å²) in [5.74, 6) is -0.743. The van der Waals surface area contributed by atoms with E-state index in [9.17, 15) is 9.59 Å². The van der Waals surface area contributed by atoms with Crippen LogP contribution in [0.15, 0.2) is 91.0 Å². The number of esters is 2. The van der Waals surface area contributed by atoms with Gasteiger partial charge in [0.1, 0.15) is 12.2 Å². The molecule has 2 fully saturated rings. The Balaban J connectivity index is 1.51. The molecule has 0 bridgehead atoms. The maximum Gasteiger partial charge on any atom is 0.338 e. The van der Waals surface area contributed by atoms with Crippen LogP contribution >= 0.6 is 0 Å². The minimum Gasteiger partial charge on any atom is -0.462 e. The number of ether oxygens (including phenoxy) is 2. The zero-order valence-electron chi connectivity index (χ0n) is 21.6. The molecule has 0 amide bonds. The van der Waals surface area contributed by atoms with E-state index in [1.165, 1.54) is 10.4 Å². The summed E-state index contributed by atoms with van der Waals surface area (Å²) in [6.07, 6.45) is -0.0801. The average Bonchev–Trinajstić information content (AvgIpc) is 3.41. The molecule has 0 spiro atoms. The van der Waals surface area contributed by atoms with Gasteiger partial charge in [0, 0.05) is 18.3 Å². The van der Waals surface area contributed by atoms with Crippen molar-refractivity contribution in [2.24, 2.45) is 17.3 Å². The normalized spacial score (nSPS) is 23.9. The van der Waals surface area contributed by atoms with Crippen LogP contribution in [0.25, 0.3) is 0 Å². The van der Waals surface area contributed by atoms with Gasteiger partial charge in [-0.15, -0.1) is 0 Å². The first-order valence-corrected chi connectivity index (χ1v) is 14.6. The fourth-order valence-corrected chi connectivity index (χ4v) is 8.57. The second kappa shape index (κ2) is 10.6. The monoisotopic (exact) mass is 514 g/mol. The van der Waals surface area contributed by atoms with Crippen molar-refractivity contribution >= 4 is 31.4 Å². The minimum absolute atomic E-state index is 0.0495. The Morgan fingerprint density at radius 3 is 1.97 bits per heavy atom. The van der Waals surface area contributed by atoms with Crippen LogP contribution in [0.5, 0.6) is 0 Å². The first-order chi connectivity index (χ1) is 17.8. The number of hydrogen-bond acceptors (Lipinski definition) is 5. The van der Waals surface area contributed by atoms with E-state index < -0.39 is 15.1 Å². The van der Waals surface area contributed by atoms with Crippen LogP contribution in [0.1, 0.15) is 44.0 Å². The summed E-state index contributed by atoms with van der Waals surface area (Å²) in [6, 6.07) is 29.8. The lowest BCUT2D eigenvalue weighted by Gasteiger charge is -2.41. The van der Waals surface area contributed by atoms with E-state index in [-0.39, 0.29) is 41.4 Å². The molecule has 1 aliphatic carbocycles. The number of fused-ring (bicyclic) bond motifs is 1. The predicted octanol–water partition coefficient (Wildman–Crippen LogP) is 4.13. The minimum atomic E-state index is -2.11. The Kier molecular flexibility index (Phi) is 7.31. The summed E-state index contributed by atoms with van der Waals surface area (Å²) in [7, 11) is -2.11. The van der Waals surface area contributed by atoms with Crippen LogP contribution in [-0.2, 0) is 18.7 Å². The Labute approximate surface area is 220 Å². The molecule has 37 heavy (non-hydrogen) atoms. The van der Waals surface area contributed by atoms with Crippen molar-refractivity contribution in [1.82, 2.24) is 0 Å². The summed E-state index contributed by atoms with van der Waals surface area (Å²) in [4.78, 5) is 25.4. The highest BCUT2D eigenvalue weighted by Crippen LogP contribution is 2.48. The van der Waals surface area contributed by atoms with Crippen LogP contribution in [-0.4, -0.2) is 39.3 Å². The average molecular weight is 515 g/mol. The second-order valence-corrected chi connectivity index (χ2v) is 13.5. The first kappa shape index (κ1) is 25.4. The third-order valence-corrected chi connectivity index (χ3v) is 10.1. The van der Waals surface area contributed by atoms with E-state index in [4.69, 9.17) is 13.9 Å². The van der Waals surface area contributed by atoms with E-state index in [1.54, 1.807) is 12.1 Å². The number of carbonyl (C=O) groups is 2. The van der Waals surface area contributed by atoms with Gasteiger partial charge in [-0.1, -0.05) is 99.6 Å². The summed E-state index contributed by atoms with van der Waals surface area (Å²) < 4.78 is 19.1. The molecule has 1 saturated heterocycles. The fraction of sp³-hybridized carbons (Fsp3) is 0.355. The molecule has 5 nitrogen and oxygen atoms in total. The maximum absolute atomic E-state index is 13.1. The number of rotatable bonds is 7. The van der Waals surface area contributed by atoms with Gasteiger partial charge >= 0.3 is 11.9 Å². The highest BCUT2D eigenvalue weighted by atomic mass is 28.3. The topological polar surface area (TPSA) is 61.8 Å². The smallest absolute Gasteiger partial charge is 0.338 e. The van der Waals surface area contributed by atoms with Crippen LogP contribution in [0, 0.1) is 17.3 Å². The predicted molar refractivity (Wildman–Crippen MR) is 145 cm³/mol. The zero-order chi connectivity index (χ0) is 26.0. The number of hydrogen-bond donors (Lipinski definition) is 0. The van der Waals surface area contributed by atoms with E-state index in [0.717, 1.165) is 0 Å². The molecule has 6 heteroatoms. The molecule has 3 aromatic rings. The Morgan fingerprint density at radius 2 is 1.43 bits per heavy atom. The lowest BCUT2D eigenvalue weighted by Crippen LogP contribution is -2.54. The van der Waals surface area contributed by atoms with Gasteiger partial charge in [0.2, 0.25) is 9.04 Å². The molecule has 1 saturated carbocycles. The van der Waals surface area contributed by atoms with E-state index >= 15 is 0 Å². The highest BCUT2D eigenvalue weighted by molar-refractivity contribution is 6.80. The van der Waals surface area contributed by atoms with E-state index in [2.05, 4.69) is 45.0 Å². The quantitative estimate of drug-likeness (QED) is 0.350. The fourth-order valence-electron chi connectivity index (χ4n) is 5.85. The number of carbonyl (C=O) groups excluding carboxylic acids is 2. The van der Waals surface area contributed by atoms with Gasteiger partial charge in [-0.3, -0.25) is 4.79 Å². The molecule has 1 aliphatic heterocycles. The van der Waals surface area contributed by atoms with Gasteiger partial charge in [0.15, 0.2) is 0 Å². The van der Waals surface area contributed by atoms with Crippen LogP contribution in [0.4, 0.5) is 0 Å². The van der Waals surface area contributed by atoms with Crippen molar-refractivity contribution in [3.63, 3.8) is 0 Å². The van der Waals surface area contributed by atoms with Crippen molar-refractivity contribution < 1.29 is 23.5 Å². The van der Waals surface area contributed by atoms with Crippen LogP contribution < -0.4 is 10.4 Å². The Hall–Kier alpha value is -3.22. The number of benzene rings is 3. The maximum atomic E-state index is 13.1. The van der Waals surface area contributed by atoms with Crippen molar-refractivity contribution in [3.05, 3.63) is 96.6 Å². The van der Waals surface area contributed by atoms with Crippen molar-refractivity contribution in [2.45, 2.75) is 51.9 Å². The largest absolute Gasteiger partial charge is 0.462 e. The SMILES string of the molecule is CC(C)(C)C(O[SiH](c1ccccc1)c1ccccc1)[C@H]1[C@H]2CC(=O)O[C@H]2C[C@H]1OC(=O)c1ccccc1.